The zero-order valence-corrected chi connectivity index (χ0v) is 43.3. The minimum Gasteiger partial charge on any atom is -0.0616 e. The zero-order valence-electron chi connectivity index (χ0n) is 43.3. The van der Waals surface area contributed by atoms with Gasteiger partial charge in [-0.25, -0.2) is 0 Å². The second-order valence-corrected chi connectivity index (χ2v) is 20.2. The van der Waals surface area contributed by atoms with Crippen molar-refractivity contribution in [3.05, 3.63) is 268 Å². The standard InChI is InChI=1S/C70H66/c1-43-29-47(5)67(48(6)30-43)65(68-49(7)31-44(2)32-50(68)8)41-59-23-15-13-19-55(59)25-27-61-39-63-37-57-21-17-18-22-58(57)38-64(63)40-62(61)28-26-56-20-14-16-24-60(56)42-66(69-51(9)33-45(3)34-52(69)10)70-53(11)35-46(4)36-54(70)12/h13-42H,1-12H3. The van der Waals surface area contributed by atoms with Gasteiger partial charge in [-0.05, 0) is 252 Å². The van der Waals surface area contributed by atoms with Gasteiger partial charge in [0.25, 0.3) is 0 Å². The monoisotopic (exact) mass is 907 g/mol. The topological polar surface area (TPSA) is 0 Å². The maximum atomic E-state index is 2.43. The van der Waals surface area contributed by atoms with Crippen LogP contribution in [0.3, 0.4) is 0 Å². The molecule has 0 heterocycles. The van der Waals surface area contributed by atoms with Crippen molar-refractivity contribution in [3.63, 3.8) is 0 Å². The number of benzene rings is 9. The van der Waals surface area contributed by atoms with Crippen LogP contribution in [0.5, 0.6) is 0 Å². The lowest BCUT2D eigenvalue weighted by atomic mass is 9.83. The molecule has 70 heavy (non-hydrogen) atoms. The summed E-state index contributed by atoms with van der Waals surface area (Å²) in [6, 6.07) is 54.4. The van der Waals surface area contributed by atoms with E-state index in [1.54, 1.807) is 0 Å². The lowest BCUT2D eigenvalue weighted by molar-refractivity contribution is 1.25. The fourth-order valence-corrected chi connectivity index (χ4v) is 11.5. The highest BCUT2D eigenvalue weighted by Crippen LogP contribution is 2.39. The van der Waals surface area contributed by atoms with Gasteiger partial charge < -0.3 is 0 Å². The van der Waals surface area contributed by atoms with Gasteiger partial charge in [-0.3, -0.25) is 0 Å². The Balaban J connectivity index is 1.20. The van der Waals surface area contributed by atoms with Gasteiger partial charge in [-0.15, -0.1) is 0 Å². The number of aryl methyl sites for hydroxylation is 12. The predicted molar refractivity (Wildman–Crippen MR) is 309 cm³/mol. The molecule has 9 aromatic carbocycles. The third-order valence-corrected chi connectivity index (χ3v) is 14.2. The first kappa shape index (κ1) is 47.5. The summed E-state index contributed by atoms with van der Waals surface area (Å²) in [5.41, 5.74) is 30.3. The van der Waals surface area contributed by atoms with Crippen LogP contribution in [-0.2, 0) is 0 Å². The first-order valence-electron chi connectivity index (χ1n) is 24.9. The largest absolute Gasteiger partial charge is 0.0616 e. The lowest BCUT2D eigenvalue weighted by Gasteiger charge is -2.20. The average Bonchev–Trinajstić information content (AvgIpc) is 3.28. The Bertz CT molecular complexity index is 3200. The summed E-state index contributed by atoms with van der Waals surface area (Å²) >= 11 is 0. The van der Waals surface area contributed by atoms with Gasteiger partial charge in [0.05, 0.1) is 0 Å². The first-order chi connectivity index (χ1) is 33.6. The van der Waals surface area contributed by atoms with Gasteiger partial charge in [-0.2, -0.15) is 0 Å². The summed E-state index contributed by atoms with van der Waals surface area (Å²) in [7, 11) is 0. The number of hydrogen-bond acceptors (Lipinski definition) is 0. The van der Waals surface area contributed by atoms with Gasteiger partial charge in [-0.1, -0.05) is 168 Å². The molecule has 0 spiro atoms. The minimum atomic E-state index is 1.17. The van der Waals surface area contributed by atoms with E-state index in [1.807, 2.05) is 0 Å². The van der Waals surface area contributed by atoms with E-state index in [-0.39, 0.29) is 0 Å². The predicted octanol–water partition coefficient (Wildman–Crippen LogP) is 19.2. The summed E-state index contributed by atoms with van der Waals surface area (Å²) < 4.78 is 0. The van der Waals surface area contributed by atoms with Crippen molar-refractivity contribution in [2.45, 2.75) is 83.1 Å². The smallest absolute Gasteiger partial charge is 0.00946 e. The molecule has 0 atom stereocenters. The van der Waals surface area contributed by atoms with E-state index in [1.165, 1.54) is 155 Å². The first-order valence-corrected chi connectivity index (χ1v) is 24.9. The molecule has 0 aliphatic rings. The van der Waals surface area contributed by atoms with E-state index < -0.39 is 0 Å². The van der Waals surface area contributed by atoms with Crippen LogP contribution in [0.1, 0.15) is 122 Å². The van der Waals surface area contributed by atoms with E-state index in [0.717, 1.165) is 0 Å². The molecule has 0 saturated heterocycles. The second-order valence-electron chi connectivity index (χ2n) is 20.2. The molecule has 0 nitrogen and oxygen atoms in total. The Hall–Kier alpha value is -7.54. The molecule has 0 saturated carbocycles. The highest BCUT2D eigenvalue weighted by molar-refractivity contribution is 6.02. The molecule has 0 amide bonds. The van der Waals surface area contributed by atoms with E-state index >= 15 is 0 Å². The summed E-state index contributed by atoms with van der Waals surface area (Å²) in [5.74, 6) is 0. The third kappa shape index (κ3) is 9.83. The summed E-state index contributed by atoms with van der Waals surface area (Å²) in [6.45, 7) is 26.9. The fourth-order valence-electron chi connectivity index (χ4n) is 11.5. The van der Waals surface area contributed by atoms with Gasteiger partial charge >= 0.3 is 0 Å². The summed E-state index contributed by atoms with van der Waals surface area (Å²) in [4.78, 5) is 0. The number of rotatable bonds is 10. The van der Waals surface area contributed by atoms with Gasteiger partial charge in [0.1, 0.15) is 0 Å². The van der Waals surface area contributed by atoms with Crippen LogP contribution in [0.15, 0.2) is 146 Å². The SMILES string of the molecule is Cc1cc(C)c(C(=Cc2ccccc2C=Cc2cc3cc4ccccc4cc3cc2C=Cc2ccccc2C=C(c2c(C)cc(C)cc2C)c2c(C)cc(C)cc2C)c2c(C)cc(C)cc2C)c(C)c1. The molecule has 0 aromatic heterocycles. The Morgan fingerprint density at radius 3 is 0.771 bits per heavy atom. The third-order valence-electron chi connectivity index (χ3n) is 14.2. The Labute approximate surface area is 418 Å². The van der Waals surface area contributed by atoms with E-state index in [2.05, 4.69) is 265 Å². The highest BCUT2D eigenvalue weighted by Gasteiger charge is 2.19. The molecule has 0 radical (unpaired) electrons. The van der Waals surface area contributed by atoms with Crippen molar-refractivity contribution < 1.29 is 0 Å². The van der Waals surface area contributed by atoms with Crippen LogP contribution < -0.4 is 0 Å². The molecule has 0 aliphatic carbocycles. The molecule has 0 N–H and O–H groups in total. The van der Waals surface area contributed by atoms with Crippen molar-refractivity contribution in [1.29, 1.82) is 0 Å². The van der Waals surface area contributed by atoms with E-state index in [9.17, 15) is 0 Å². The van der Waals surface area contributed by atoms with Crippen LogP contribution in [0.2, 0.25) is 0 Å². The summed E-state index contributed by atoms with van der Waals surface area (Å²) in [6.07, 6.45) is 14.1. The van der Waals surface area contributed by atoms with Crippen LogP contribution in [-0.4, -0.2) is 0 Å². The highest BCUT2D eigenvalue weighted by atomic mass is 14.2. The molecule has 0 aliphatic heterocycles. The molecule has 0 heteroatoms. The van der Waals surface area contributed by atoms with Gasteiger partial charge in [0.2, 0.25) is 0 Å². The van der Waals surface area contributed by atoms with E-state index in [4.69, 9.17) is 0 Å². The second kappa shape index (κ2) is 19.8. The van der Waals surface area contributed by atoms with E-state index in [0.29, 0.717) is 0 Å². The number of fused-ring (bicyclic) bond motifs is 2. The van der Waals surface area contributed by atoms with Crippen LogP contribution in [0.25, 0.3) is 69.1 Å². The van der Waals surface area contributed by atoms with Crippen LogP contribution in [0, 0.1) is 83.1 Å². The molecule has 9 rings (SSSR count). The molecule has 9 aromatic rings. The van der Waals surface area contributed by atoms with Gasteiger partial charge in [0.15, 0.2) is 0 Å². The zero-order chi connectivity index (χ0) is 49.4. The number of hydrogen-bond donors (Lipinski definition) is 0. The molecule has 0 fully saturated rings. The van der Waals surface area contributed by atoms with Crippen molar-refractivity contribution in [1.82, 2.24) is 0 Å². The fraction of sp³-hybridized carbons (Fsp3) is 0.171. The Kier molecular flexibility index (Phi) is 13.5. The molecule has 346 valence electrons. The Morgan fingerprint density at radius 2 is 0.486 bits per heavy atom. The van der Waals surface area contributed by atoms with Crippen LogP contribution >= 0.6 is 0 Å². The normalized spacial score (nSPS) is 11.6. The maximum Gasteiger partial charge on any atom is -0.00946 e. The quantitative estimate of drug-likeness (QED) is 0.0947. The van der Waals surface area contributed by atoms with Crippen molar-refractivity contribution in [3.8, 4) is 0 Å². The van der Waals surface area contributed by atoms with Gasteiger partial charge in [0, 0.05) is 0 Å². The van der Waals surface area contributed by atoms with Crippen molar-refractivity contribution >= 4 is 69.1 Å². The average molecular weight is 907 g/mol. The van der Waals surface area contributed by atoms with Crippen molar-refractivity contribution in [2.75, 3.05) is 0 Å². The molecule has 0 bridgehead atoms. The maximum absolute atomic E-state index is 2.43. The molecule has 0 unspecified atom stereocenters. The van der Waals surface area contributed by atoms with Crippen molar-refractivity contribution in [2.24, 2.45) is 0 Å². The van der Waals surface area contributed by atoms with Crippen LogP contribution in [0.4, 0.5) is 0 Å². The molecular formula is C70H66. The molecular weight excluding hydrogens is 841 g/mol. The Morgan fingerprint density at radius 1 is 0.243 bits per heavy atom. The summed E-state index contributed by atoms with van der Waals surface area (Å²) in [5, 5.41) is 4.94. The lowest BCUT2D eigenvalue weighted by Crippen LogP contribution is -2.01. The minimum absolute atomic E-state index is 1.17.